The summed E-state index contributed by atoms with van der Waals surface area (Å²) in [4.78, 5) is 22.1. The van der Waals surface area contributed by atoms with Crippen molar-refractivity contribution in [1.29, 1.82) is 0 Å². The number of nitrogens with one attached hydrogen (secondary N) is 2. The van der Waals surface area contributed by atoms with E-state index in [1.54, 1.807) is 6.07 Å². The summed E-state index contributed by atoms with van der Waals surface area (Å²) in [7, 11) is 1.47. The first kappa shape index (κ1) is 14.6. The van der Waals surface area contributed by atoms with Crippen LogP contribution in [0.2, 0.25) is 0 Å². The van der Waals surface area contributed by atoms with Crippen molar-refractivity contribution in [2.24, 2.45) is 0 Å². The van der Waals surface area contributed by atoms with Crippen molar-refractivity contribution in [1.82, 2.24) is 5.32 Å². The highest BCUT2D eigenvalue weighted by Gasteiger charge is 2.17. The standard InChI is InChI=1S/C14H15N3O4/c1-9-3-5-11(21-9)8-16-12-6-4-10(14(18)15-2)7-13(12)17(19)20/h3-7,16H,8H2,1-2H3,(H,15,18). The van der Waals surface area contributed by atoms with Crippen molar-refractivity contribution < 1.29 is 14.1 Å². The van der Waals surface area contributed by atoms with E-state index in [0.29, 0.717) is 18.0 Å². The van der Waals surface area contributed by atoms with Gasteiger partial charge >= 0.3 is 0 Å². The van der Waals surface area contributed by atoms with E-state index in [-0.39, 0.29) is 17.2 Å². The third kappa shape index (κ3) is 3.38. The van der Waals surface area contributed by atoms with Crippen LogP contribution in [0.5, 0.6) is 0 Å². The highest BCUT2D eigenvalue weighted by atomic mass is 16.6. The van der Waals surface area contributed by atoms with E-state index in [1.165, 1.54) is 25.2 Å². The van der Waals surface area contributed by atoms with Crippen molar-refractivity contribution in [3.05, 3.63) is 57.5 Å². The lowest BCUT2D eigenvalue weighted by atomic mass is 10.1. The summed E-state index contributed by atoms with van der Waals surface area (Å²) in [5.41, 5.74) is 0.421. The van der Waals surface area contributed by atoms with Gasteiger partial charge in [0.1, 0.15) is 17.2 Å². The molecule has 110 valence electrons. The predicted octanol–water partition coefficient (Wildman–Crippen LogP) is 2.47. The summed E-state index contributed by atoms with van der Waals surface area (Å²) in [6.07, 6.45) is 0. The molecule has 21 heavy (non-hydrogen) atoms. The van der Waals surface area contributed by atoms with Crippen molar-refractivity contribution in [2.75, 3.05) is 12.4 Å². The molecule has 0 fully saturated rings. The molecule has 2 N–H and O–H groups in total. The lowest BCUT2D eigenvalue weighted by molar-refractivity contribution is -0.384. The average Bonchev–Trinajstić information content (AvgIpc) is 2.89. The van der Waals surface area contributed by atoms with Crippen LogP contribution in [0.1, 0.15) is 21.9 Å². The number of rotatable bonds is 5. The molecule has 0 spiro atoms. The van der Waals surface area contributed by atoms with Gasteiger partial charge in [-0.25, -0.2) is 0 Å². The molecule has 0 aliphatic heterocycles. The van der Waals surface area contributed by atoms with Gasteiger partial charge in [-0.2, -0.15) is 0 Å². The topological polar surface area (TPSA) is 97.4 Å². The molecule has 1 aromatic heterocycles. The Kier molecular flexibility index (Phi) is 4.22. The number of aryl methyl sites for hydroxylation is 1. The molecular formula is C14H15N3O4. The first-order chi connectivity index (χ1) is 10.0. The molecule has 7 heteroatoms. The van der Waals surface area contributed by atoms with Crippen LogP contribution < -0.4 is 10.6 Å². The number of furan rings is 1. The number of nitro benzene ring substituents is 1. The lowest BCUT2D eigenvalue weighted by Gasteiger charge is -2.07. The van der Waals surface area contributed by atoms with Crippen LogP contribution in [0.4, 0.5) is 11.4 Å². The summed E-state index contributed by atoms with van der Waals surface area (Å²) < 4.78 is 5.39. The predicted molar refractivity (Wildman–Crippen MR) is 77.3 cm³/mol. The third-order valence-electron chi connectivity index (χ3n) is 2.93. The Morgan fingerprint density at radius 2 is 2.10 bits per heavy atom. The van der Waals surface area contributed by atoms with Gasteiger partial charge in [0.05, 0.1) is 11.5 Å². The quantitative estimate of drug-likeness (QED) is 0.651. The number of anilines is 1. The van der Waals surface area contributed by atoms with Crippen molar-refractivity contribution in [3.8, 4) is 0 Å². The molecule has 1 aromatic carbocycles. The fourth-order valence-corrected chi connectivity index (χ4v) is 1.88. The fraction of sp³-hybridized carbons (Fsp3) is 0.214. The van der Waals surface area contributed by atoms with Gasteiger partial charge in [-0.1, -0.05) is 0 Å². The van der Waals surface area contributed by atoms with Crippen LogP contribution in [0.15, 0.2) is 34.7 Å². The van der Waals surface area contributed by atoms with E-state index < -0.39 is 4.92 Å². The highest BCUT2D eigenvalue weighted by Crippen LogP contribution is 2.26. The SMILES string of the molecule is CNC(=O)c1ccc(NCc2ccc(C)o2)c([N+](=O)[O-])c1. The number of hydrogen-bond donors (Lipinski definition) is 2. The van der Waals surface area contributed by atoms with Crippen molar-refractivity contribution in [3.63, 3.8) is 0 Å². The molecule has 0 saturated heterocycles. The minimum absolute atomic E-state index is 0.153. The highest BCUT2D eigenvalue weighted by molar-refractivity contribution is 5.95. The molecule has 2 rings (SSSR count). The Labute approximate surface area is 121 Å². The zero-order valence-electron chi connectivity index (χ0n) is 11.7. The largest absolute Gasteiger partial charge is 0.465 e. The molecule has 7 nitrogen and oxygen atoms in total. The lowest BCUT2D eigenvalue weighted by Crippen LogP contribution is -2.18. The minimum Gasteiger partial charge on any atom is -0.465 e. The summed E-state index contributed by atoms with van der Waals surface area (Å²) in [5, 5.41) is 16.5. The zero-order chi connectivity index (χ0) is 15.4. The monoisotopic (exact) mass is 289 g/mol. The molecule has 0 aliphatic rings. The molecule has 0 unspecified atom stereocenters. The maximum Gasteiger partial charge on any atom is 0.293 e. The number of nitrogens with zero attached hydrogens (tertiary/aromatic N) is 1. The van der Waals surface area contributed by atoms with Gasteiger partial charge in [-0.15, -0.1) is 0 Å². The average molecular weight is 289 g/mol. The Hall–Kier alpha value is -2.83. The molecule has 2 aromatic rings. The molecule has 0 aliphatic carbocycles. The van der Waals surface area contributed by atoms with Gasteiger partial charge in [-0.3, -0.25) is 14.9 Å². The Bertz CT molecular complexity index is 679. The molecule has 1 heterocycles. The van der Waals surface area contributed by atoms with Gasteiger partial charge in [0, 0.05) is 18.7 Å². The first-order valence-corrected chi connectivity index (χ1v) is 6.31. The van der Waals surface area contributed by atoms with Crippen LogP contribution >= 0.6 is 0 Å². The van der Waals surface area contributed by atoms with Crippen molar-refractivity contribution >= 4 is 17.3 Å². The molecule has 0 bridgehead atoms. The van der Waals surface area contributed by atoms with E-state index in [2.05, 4.69) is 10.6 Å². The van der Waals surface area contributed by atoms with E-state index in [0.717, 1.165) is 5.76 Å². The van der Waals surface area contributed by atoms with Gasteiger partial charge in [-0.05, 0) is 31.2 Å². The zero-order valence-corrected chi connectivity index (χ0v) is 11.7. The van der Waals surface area contributed by atoms with Gasteiger partial charge < -0.3 is 15.1 Å². The smallest absolute Gasteiger partial charge is 0.293 e. The minimum atomic E-state index is -0.526. The first-order valence-electron chi connectivity index (χ1n) is 6.31. The molecule has 0 radical (unpaired) electrons. The Morgan fingerprint density at radius 3 is 2.67 bits per heavy atom. The molecular weight excluding hydrogens is 274 g/mol. The number of hydrogen-bond acceptors (Lipinski definition) is 5. The molecule has 1 amide bonds. The second kappa shape index (κ2) is 6.08. The van der Waals surface area contributed by atoms with E-state index in [1.807, 2.05) is 13.0 Å². The normalized spacial score (nSPS) is 10.2. The number of carbonyl (C=O) groups excluding carboxylic acids is 1. The fourth-order valence-electron chi connectivity index (χ4n) is 1.88. The van der Waals surface area contributed by atoms with Crippen LogP contribution in [0, 0.1) is 17.0 Å². The number of benzene rings is 1. The van der Waals surface area contributed by atoms with Crippen molar-refractivity contribution in [2.45, 2.75) is 13.5 Å². The Balaban J connectivity index is 2.22. The Morgan fingerprint density at radius 1 is 1.33 bits per heavy atom. The van der Waals surface area contributed by atoms with Crippen LogP contribution in [-0.2, 0) is 6.54 Å². The van der Waals surface area contributed by atoms with E-state index in [9.17, 15) is 14.9 Å². The number of amides is 1. The van der Waals surface area contributed by atoms with Gasteiger partial charge in [0.25, 0.3) is 11.6 Å². The second-order valence-corrected chi connectivity index (χ2v) is 4.43. The molecule has 0 saturated carbocycles. The summed E-state index contributed by atoms with van der Waals surface area (Å²) in [5.74, 6) is 1.08. The van der Waals surface area contributed by atoms with Crippen LogP contribution in [-0.4, -0.2) is 17.9 Å². The summed E-state index contributed by atoms with van der Waals surface area (Å²) in [6.45, 7) is 2.15. The van der Waals surface area contributed by atoms with E-state index >= 15 is 0 Å². The maximum absolute atomic E-state index is 11.5. The van der Waals surface area contributed by atoms with Gasteiger partial charge in [0.2, 0.25) is 0 Å². The van der Waals surface area contributed by atoms with Gasteiger partial charge in [0.15, 0.2) is 0 Å². The maximum atomic E-state index is 11.5. The van der Waals surface area contributed by atoms with Crippen LogP contribution in [0.3, 0.4) is 0 Å². The summed E-state index contributed by atoms with van der Waals surface area (Å²) >= 11 is 0. The second-order valence-electron chi connectivity index (χ2n) is 4.43. The third-order valence-corrected chi connectivity index (χ3v) is 2.93. The number of carbonyl (C=O) groups is 1. The van der Waals surface area contributed by atoms with E-state index in [4.69, 9.17) is 4.42 Å². The molecule has 0 atom stereocenters. The van der Waals surface area contributed by atoms with Crippen LogP contribution in [0.25, 0.3) is 0 Å². The number of nitro groups is 1. The summed E-state index contributed by atoms with van der Waals surface area (Å²) in [6, 6.07) is 7.90.